The van der Waals surface area contributed by atoms with Gasteiger partial charge in [0.15, 0.2) is 5.16 Å². The second-order valence-electron chi connectivity index (χ2n) is 7.00. The summed E-state index contributed by atoms with van der Waals surface area (Å²) in [5, 5.41) is 3.93. The molecule has 29 heavy (non-hydrogen) atoms. The van der Waals surface area contributed by atoms with Crippen molar-refractivity contribution in [2.75, 3.05) is 16.8 Å². The molecule has 0 aliphatic carbocycles. The number of benzene rings is 2. The summed E-state index contributed by atoms with van der Waals surface area (Å²) in [7, 11) is 1.96. The quantitative estimate of drug-likeness (QED) is 0.653. The molecule has 2 amide bonds. The highest BCUT2D eigenvalue weighted by molar-refractivity contribution is 7.98. The highest BCUT2D eigenvalue weighted by Crippen LogP contribution is 2.35. The van der Waals surface area contributed by atoms with Crippen LogP contribution < -0.4 is 10.2 Å². The minimum absolute atomic E-state index is 0.0150. The number of thioether (sulfide) groups is 1. The van der Waals surface area contributed by atoms with Crippen molar-refractivity contribution in [1.82, 2.24) is 9.55 Å². The first-order valence-corrected chi connectivity index (χ1v) is 10.4. The number of anilines is 2. The minimum atomic E-state index is -0.183. The highest BCUT2D eigenvalue weighted by Gasteiger charge is 2.25. The lowest BCUT2D eigenvalue weighted by molar-refractivity contribution is -0.116. The molecule has 1 N–H and O–H groups in total. The number of carbonyl (C=O) groups excluding carboxylic acids is 2. The second kappa shape index (κ2) is 8.13. The van der Waals surface area contributed by atoms with Gasteiger partial charge in [0.25, 0.3) is 5.91 Å². The van der Waals surface area contributed by atoms with E-state index >= 15 is 0 Å². The van der Waals surface area contributed by atoms with Gasteiger partial charge in [0.05, 0.1) is 11.4 Å². The Morgan fingerprint density at radius 2 is 2.03 bits per heavy atom. The molecular formula is C22H22N4O2S. The largest absolute Gasteiger partial charge is 0.329 e. The fourth-order valence-electron chi connectivity index (χ4n) is 3.51. The van der Waals surface area contributed by atoms with Crippen LogP contribution in [0.4, 0.5) is 11.4 Å². The Morgan fingerprint density at radius 3 is 2.79 bits per heavy atom. The Morgan fingerprint density at radius 1 is 1.21 bits per heavy atom. The number of para-hydroxylation sites is 1. The molecular weight excluding hydrogens is 384 g/mol. The second-order valence-corrected chi connectivity index (χ2v) is 7.94. The zero-order chi connectivity index (χ0) is 20.4. The summed E-state index contributed by atoms with van der Waals surface area (Å²) in [6, 6.07) is 13.4. The number of aryl methyl sites for hydroxylation is 1. The molecule has 3 aromatic rings. The first-order chi connectivity index (χ1) is 14.0. The number of nitrogens with zero attached hydrogens (tertiary/aromatic N) is 3. The summed E-state index contributed by atoms with van der Waals surface area (Å²) in [4.78, 5) is 30.9. The van der Waals surface area contributed by atoms with Crippen LogP contribution in [0.5, 0.6) is 0 Å². The Kier molecular flexibility index (Phi) is 5.40. The molecule has 0 saturated heterocycles. The molecule has 0 saturated carbocycles. The van der Waals surface area contributed by atoms with Gasteiger partial charge in [-0.3, -0.25) is 9.59 Å². The Balaban J connectivity index is 1.51. The molecule has 1 aliphatic heterocycles. The summed E-state index contributed by atoms with van der Waals surface area (Å²) in [5.41, 5.74) is 4.21. The van der Waals surface area contributed by atoms with Crippen LogP contribution in [0.25, 0.3) is 0 Å². The van der Waals surface area contributed by atoms with Crippen LogP contribution in [0.1, 0.15) is 28.4 Å². The number of carbonyl (C=O) groups is 2. The van der Waals surface area contributed by atoms with Crippen molar-refractivity contribution >= 4 is 35.0 Å². The Hall–Kier alpha value is -3.06. The molecule has 4 rings (SSSR count). The van der Waals surface area contributed by atoms with E-state index in [0.29, 0.717) is 17.8 Å². The van der Waals surface area contributed by atoms with Crippen molar-refractivity contribution in [3.63, 3.8) is 0 Å². The minimum Gasteiger partial charge on any atom is -0.329 e. The van der Waals surface area contributed by atoms with Gasteiger partial charge >= 0.3 is 0 Å². The fraction of sp³-hybridized carbons (Fsp3) is 0.227. The van der Waals surface area contributed by atoms with Crippen molar-refractivity contribution in [2.24, 2.45) is 7.05 Å². The maximum atomic E-state index is 12.9. The normalized spacial score (nSPS) is 12.7. The smallest absolute Gasteiger partial charge is 0.255 e. The first kappa shape index (κ1) is 19.3. The maximum Gasteiger partial charge on any atom is 0.255 e. The van der Waals surface area contributed by atoms with Crippen LogP contribution in [0.3, 0.4) is 0 Å². The monoisotopic (exact) mass is 406 g/mol. The molecule has 1 aromatic heterocycles. The van der Waals surface area contributed by atoms with E-state index < -0.39 is 0 Å². The topological polar surface area (TPSA) is 67.2 Å². The average molecular weight is 407 g/mol. The van der Waals surface area contributed by atoms with Gasteiger partial charge in [0.1, 0.15) is 0 Å². The molecule has 0 fully saturated rings. The molecule has 0 bridgehead atoms. The van der Waals surface area contributed by atoms with Gasteiger partial charge in [-0.25, -0.2) is 4.98 Å². The van der Waals surface area contributed by atoms with E-state index in [1.54, 1.807) is 35.8 Å². The summed E-state index contributed by atoms with van der Waals surface area (Å²) >= 11 is 1.63. The van der Waals surface area contributed by atoms with Gasteiger partial charge < -0.3 is 14.8 Å². The van der Waals surface area contributed by atoms with E-state index in [0.717, 1.165) is 34.1 Å². The number of nitrogens with one attached hydrogen (secondary N) is 1. The van der Waals surface area contributed by atoms with Gasteiger partial charge in [-0.1, -0.05) is 36.0 Å². The van der Waals surface area contributed by atoms with Crippen LogP contribution >= 0.6 is 11.8 Å². The Labute approximate surface area is 173 Å². The summed E-state index contributed by atoms with van der Waals surface area (Å²) in [6.45, 7) is 2.20. The predicted molar refractivity (Wildman–Crippen MR) is 115 cm³/mol. The average Bonchev–Trinajstić information content (AvgIpc) is 3.33. The van der Waals surface area contributed by atoms with Crippen molar-refractivity contribution in [3.05, 3.63) is 71.5 Å². The SMILES string of the molecule is CC(=O)N1CCc2cccc(NC(=O)c3cccc(CSc4nccn4C)c3)c21. The van der Waals surface area contributed by atoms with E-state index in [4.69, 9.17) is 0 Å². The molecule has 2 heterocycles. The third kappa shape index (κ3) is 4.05. The van der Waals surface area contributed by atoms with Gasteiger partial charge in [-0.05, 0) is 35.7 Å². The number of imidazole rings is 1. The molecule has 0 spiro atoms. The van der Waals surface area contributed by atoms with Crippen LogP contribution in [-0.2, 0) is 24.0 Å². The number of rotatable bonds is 5. The van der Waals surface area contributed by atoms with Crippen molar-refractivity contribution < 1.29 is 9.59 Å². The Bertz CT molecular complexity index is 1080. The highest BCUT2D eigenvalue weighted by atomic mass is 32.2. The van der Waals surface area contributed by atoms with Gasteiger partial charge in [-0.2, -0.15) is 0 Å². The molecule has 148 valence electrons. The lowest BCUT2D eigenvalue weighted by atomic mass is 10.1. The third-order valence-electron chi connectivity index (χ3n) is 4.96. The molecule has 7 heteroatoms. The van der Waals surface area contributed by atoms with E-state index in [-0.39, 0.29) is 11.8 Å². The first-order valence-electron chi connectivity index (χ1n) is 9.43. The van der Waals surface area contributed by atoms with Gasteiger partial charge in [0, 0.05) is 44.2 Å². The zero-order valence-corrected chi connectivity index (χ0v) is 17.2. The van der Waals surface area contributed by atoms with E-state index in [2.05, 4.69) is 10.3 Å². The van der Waals surface area contributed by atoms with Crippen molar-refractivity contribution in [3.8, 4) is 0 Å². The summed E-state index contributed by atoms with van der Waals surface area (Å²) in [5.74, 6) is 0.529. The maximum absolute atomic E-state index is 12.9. The molecule has 2 aromatic carbocycles. The van der Waals surface area contributed by atoms with Crippen molar-refractivity contribution in [1.29, 1.82) is 0 Å². The predicted octanol–water partition coefficient (Wildman–Crippen LogP) is 3.87. The van der Waals surface area contributed by atoms with Crippen LogP contribution in [0.2, 0.25) is 0 Å². The standard InChI is InChI=1S/C22H22N4O2S/c1-15(27)26-11-9-17-6-4-8-19(20(17)26)24-21(28)18-7-3-5-16(13-18)14-29-22-23-10-12-25(22)2/h3-8,10,12-13H,9,11,14H2,1-2H3,(H,24,28). The molecule has 6 nitrogen and oxygen atoms in total. The third-order valence-corrected chi connectivity index (χ3v) is 6.09. The van der Waals surface area contributed by atoms with Crippen LogP contribution in [0, 0.1) is 0 Å². The number of hydrogen-bond acceptors (Lipinski definition) is 4. The molecule has 0 unspecified atom stereocenters. The van der Waals surface area contributed by atoms with Crippen molar-refractivity contribution in [2.45, 2.75) is 24.3 Å². The van der Waals surface area contributed by atoms with Crippen LogP contribution in [-0.4, -0.2) is 27.9 Å². The molecule has 0 atom stereocenters. The van der Waals surface area contributed by atoms with E-state index in [1.807, 2.05) is 54.2 Å². The van der Waals surface area contributed by atoms with Gasteiger partial charge in [-0.15, -0.1) is 0 Å². The van der Waals surface area contributed by atoms with Crippen LogP contribution in [0.15, 0.2) is 60.0 Å². The van der Waals surface area contributed by atoms with E-state index in [1.165, 1.54) is 0 Å². The van der Waals surface area contributed by atoms with Gasteiger partial charge in [0.2, 0.25) is 5.91 Å². The number of aromatic nitrogens is 2. The van der Waals surface area contributed by atoms with E-state index in [9.17, 15) is 9.59 Å². The lowest BCUT2D eigenvalue weighted by Crippen LogP contribution is -2.27. The lowest BCUT2D eigenvalue weighted by Gasteiger charge is -2.19. The number of hydrogen-bond donors (Lipinski definition) is 1. The molecule has 0 radical (unpaired) electrons. The zero-order valence-electron chi connectivity index (χ0n) is 16.4. The fourth-order valence-corrected chi connectivity index (χ4v) is 4.38. The number of amides is 2. The molecule has 1 aliphatic rings. The number of fused-ring (bicyclic) bond motifs is 1. The summed E-state index contributed by atoms with van der Waals surface area (Å²) < 4.78 is 1.97. The summed E-state index contributed by atoms with van der Waals surface area (Å²) in [6.07, 6.45) is 4.49.